The molecule has 0 aliphatic carbocycles. The van der Waals surface area contributed by atoms with Gasteiger partial charge in [-0.2, -0.15) is 0 Å². The Labute approximate surface area is 166 Å². The van der Waals surface area contributed by atoms with Gasteiger partial charge < -0.3 is 14.2 Å². The number of methoxy groups -OCH3 is 1. The van der Waals surface area contributed by atoms with Crippen LogP contribution >= 0.6 is 0 Å². The Balaban J connectivity index is 1.98. The Kier molecular flexibility index (Phi) is 6.07. The lowest BCUT2D eigenvalue weighted by Crippen LogP contribution is -2.15. The molecule has 0 unspecified atom stereocenters. The standard InChI is InChI=1S/C21H27N3O3S/c1-23(2)11-10-18-14-24(13-16-4-7-19(27-3)8-5-16)21-9-6-17(12-20(18)21)15-28(22,25)26/h4-9,12,14H,10-11,13,15H2,1-3H3,(H2,22,25,26). The van der Waals surface area contributed by atoms with Crippen molar-refractivity contribution in [3.63, 3.8) is 0 Å². The number of hydrogen-bond donors (Lipinski definition) is 1. The fourth-order valence-corrected chi connectivity index (χ4v) is 3.99. The van der Waals surface area contributed by atoms with Crippen LogP contribution in [-0.4, -0.2) is 45.6 Å². The number of nitrogens with zero attached hydrogens (tertiary/aromatic N) is 2. The molecule has 0 atom stereocenters. The molecule has 2 aromatic carbocycles. The van der Waals surface area contributed by atoms with Crippen LogP contribution in [-0.2, 0) is 28.7 Å². The van der Waals surface area contributed by atoms with Crippen LogP contribution < -0.4 is 9.88 Å². The van der Waals surface area contributed by atoms with Crippen molar-refractivity contribution < 1.29 is 13.2 Å². The van der Waals surface area contributed by atoms with Crippen molar-refractivity contribution in [1.82, 2.24) is 9.47 Å². The number of sulfonamides is 1. The van der Waals surface area contributed by atoms with Crippen LogP contribution in [0.25, 0.3) is 10.9 Å². The minimum absolute atomic E-state index is 0.153. The summed E-state index contributed by atoms with van der Waals surface area (Å²) >= 11 is 0. The normalized spacial score (nSPS) is 12.0. The monoisotopic (exact) mass is 401 g/mol. The fourth-order valence-electron chi connectivity index (χ4n) is 3.34. The summed E-state index contributed by atoms with van der Waals surface area (Å²) in [4.78, 5) is 2.14. The molecular weight excluding hydrogens is 374 g/mol. The van der Waals surface area contributed by atoms with E-state index in [9.17, 15) is 8.42 Å². The average molecular weight is 402 g/mol. The van der Waals surface area contributed by atoms with E-state index < -0.39 is 10.0 Å². The molecule has 6 nitrogen and oxygen atoms in total. The maximum Gasteiger partial charge on any atom is 0.213 e. The van der Waals surface area contributed by atoms with Crippen LogP contribution in [0.3, 0.4) is 0 Å². The summed E-state index contributed by atoms with van der Waals surface area (Å²) in [5.74, 6) is 0.681. The van der Waals surface area contributed by atoms with Crippen molar-refractivity contribution >= 4 is 20.9 Å². The van der Waals surface area contributed by atoms with Crippen LogP contribution in [0.5, 0.6) is 5.75 Å². The Morgan fingerprint density at radius 1 is 1.07 bits per heavy atom. The van der Waals surface area contributed by atoms with Crippen LogP contribution in [0, 0.1) is 0 Å². The third-order valence-electron chi connectivity index (χ3n) is 4.74. The molecule has 0 aliphatic heterocycles. The Hall–Kier alpha value is -2.35. The van der Waals surface area contributed by atoms with Gasteiger partial charge in [0.25, 0.3) is 0 Å². The zero-order valence-electron chi connectivity index (χ0n) is 16.6. The highest BCUT2D eigenvalue weighted by Crippen LogP contribution is 2.25. The topological polar surface area (TPSA) is 77.6 Å². The van der Waals surface area contributed by atoms with Gasteiger partial charge in [0.2, 0.25) is 10.0 Å². The van der Waals surface area contributed by atoms with Crippen molar-refractivity contribution in [2.24, 2.45) is 5.14 Å². The van der Waals surface area contributed by atoms with Crippen LogP contribution in [0.2, 0.25) is 0 Å². The van der Waals surface area contributed by atoms with Gasteiger partial charge >= 0.3 is 0 Å². The third-order valence-corrected chi connectivity index (χ3v) is 5.47. The maximum absolute atomic E-state index is 11.5. The minimum Gasteiger partial charge on any atom is -0.497 e. The van der Waals surface area contributed by atoms with Gasteiger partial charge in [0, 0.05) is 30.2 Å². The van der Waals surface area contributed by atoms with Crippen molar-refractivity contribution in [2.45, 2.75) is 18.7 Å². The lowest BCUT2D eigenvalue weighted by atomic mass is 10.1. The second-order valence-corrected chi connectivity index (χ2v) is 8.96. The molecule has 7 heteroatoms. The maximum atomic E-state index is 11.5. The van der Waals surface area contributed by atoms with Gasteiger partial charge in [0.15, 0.2) is 0 Å². The van der Waals surface area contributed by atoms with Crippen molar-refractivity contribution in [3.8, 4) is 5.75 Å². The number of nitrogens with two attached hydrogens (primary N) is 1. The molecule has 3 rings (SSSR count). The lowest BCUT2D eigenvalue weighted by Gasteiger charge is -2.08. The molecule has 0 radical (unpaired) electrons. The van der Waals surface area contributed by atoms with Crippen LogP contribution in [0.4, 0.5) is 0 Å². The van der Waals surface area contributed by atoms with Crippen molar-refractivity contribution in [2.75, 3.05) is 27.7 Å². The second kappa shape index (κ2) is 8.34. The SMILES string of the molecule is COc1ccc(Cn2cc(CCN(C)C)c3cc(CS(N)(=O)=O)ccc32)cc1. The highest BCUT2D eigenvalue weighted by Gasteiger charge is 2.12. The molecule has 0 spiro atoms. The Morgan fingerprint density at radius 3 is 2.36 bits per heavy atom. The van der Waals surface area contributed by atoms with E-state index in [0.29, 0.717) is 5.56 Å². The minimum atomic E-state index is -3.56. The van der Waals surface area contributed by atoms with E-state index >= 15 is 0 Å². The van der Waals surface area contributed by atoms with E-state index in [4.69, 9.17) is 9.88 Å². The van der Waals surface area contributed by atoms with E-state index in [1.807, 2.05) is 44.4 Å². The smallest absolute Gasteiger partial charge is 0.213 e. The average Bonchev–Trinajstić information content (AvgIpc) is 2.96. The molecule has 150 valence electrons. The van der Waals surface area contributed by atoms with Gasteiger partial charge in [-0.3, -0.25) is 0 Å². The molecule has 0 saturated heterocycles. The van der Waals surface area contributed by atoms with E-state index in [2.05, 4.69) is 27.8 Å². The first kappa shape index (κ1) is 20.4. The molecule has 28 heavy (non-hydrogen) atoms. The van der Waals surface area contributed by atoms with Crippen molar-refractivity contribution in [1.29, 1.82) is 0 Å². The van der Waals surface area contributed by atoms with Gasteiger partial charge in [-0.15, -0.1) is 0 Å². The summed E-state index contributed by atoms with van der Waals surface area (Å²) in [5, 5.41) is 6.31. The molecular formula is C21H27N3O3S. The molecule has 0 saturated carbocycles. The zero-order valence-corrected chi connectivity index (χ0v) is 17.4. The molecule has 0 aliphatic rings. The number of ether oxygens (including phenoxy) is 1. The molecule has 1 heterocycles. The predicted molar refractivity (Wildman–Crippen MR) is 113 cm³/mol. The lowest BCUT2D eigenvalue weighted by molar-refractivity contribution is 0.414. The number of primary sulfonamides is 1. The van der Waals surface area contributed by atoms with Gasteiger partial charge in [-0.25, -0.2) is 13.6 Å². The summed E-state index contributed by atoms with van der Waals surface area (Å²) < 4.78 is 30.4. The number of aromatic nitrogens is 1. The summed E-state index contributed by atoms with van der Waals surface area (Å²) in [6, 6.07) is 13.8. The number of hydrogen-bond acceptors (Lipinski definition) is 4. The van der Waals surface area contributed by atoms with Gasteiger partial charge in [0.05, 0.1) is 12.9 Å². The number of rotatable bonds is 8. The van der Waals surface area contributed by atoms with E-state index in [1.165, 1.54) is 11.1 Å². The number of benzene rings is 2. The zero-order chi connectivity index (χ0) is 20.3. The largest absolute Gasteiger partial charge is 0.497 e. The summed E-state index contributed by atoms with van der Waals surface area (Å²) in [5.41, 5.74) is 4.17. The van der Waals surface area contributed by atoms with Crippen molar-refractivity contribution in [3.05, 3.63) is 65.4 Å². The molecule has 2 N–H and O–H groups in total. The molecule has 0 fully saturated rings. The quantitative estimate of drug-likeness (QED) is 0.629. The first-order valence-corrected chi connectivity index (χ1v) is 10.9. The van der Waals surface area contributed by atoms with E-state index in [1.54, 1.807) is 7.11 Å². The van der Waals surface area contributed by atoms with E-state index in [-0.39, 0.29) is 5.75 Å². The van der Waals surface area contributed by atoms with Gasteiger partial charge in [0.1, 0.15) is 5.75 Å². The predicted octanol–water partition coefficient (Wildman–Crippen LogP) is 2.59. The fraction of sp³-hybridized carbons (Fsp3) is 0.333. The first-order valence-electron chi connectivity index (χ1n) is 9.14. The Morgan fingerprint density at radius 2 is 1.75 bits per heavy atom. The van der Waals surface area contributed by atoms with E-state index in [0.717, 1.165) is 36.2 Å². The first-order chi connectivity index (χ1) is 13.2. The third kappa shape index (κ3) is 5.13. The molecule has 0 amide bonds. The van der Waals surface area contributed by atoms with Crippen LogP contribution in [0.15, 0.2) is 48.7 Å². The number of likely N-dealkylation sites (N-methyl/N-ethyl adjacent to an activating group) is 1. The molecule has 3 aromatic rings. The highest BCUT2D eigenvalue weighted by molar-refractivity contribution is 7.88. The Bertz CT molecular complexity index is 1050. The molecule has 1 aromatic heterocycles. The summed E-state index contributed by atoms with van der Waals surface area (Å²) in [7, 11) is 2.19. The number of fused-ring (bicyclic) bond motifs is 1. The second-order valence-electron chi connectivity index (χ2n) is 7.34. The highest BCUT2D eigenvalue weighted by atomic mass is 32.2. The summed E-state index contributed by atoms with van der Waals surface area (Å²) in [6.45, 7) is 1.65. The summed E-state index contributed by atoms with van der Waals surface area (Å²) in [6.07, 6.45) is 3.05. The van der Waals surface area contributed by atoms with Gasteiger partial charge in [-0.1, -0.05) is 18.2 Å². The molecule has 0 bridgehead atoms. The van der Waals surface area contributed by atoms with Gasteiger partial charge in [-0.05, 0) is 61.5 Å². The van der Waals surface area contributed by atoms with Crippen LogP contribution in [0.1, 0.15) is 16.7 Å².